The Morgan fingerprint density at radius 2 is 1.85 bits per heavy atom. The molecular weight excluding hydrogens is 299 g/mol. The van der Waals surface area contributed by atoms with Crippen molar-refractivity contribution in [1.29, 1.82) is 0 Å². The number of amides is 1. The van der Waals surface area contributed by atoms with Crippen LogP contribution in [0.5, 0.6) is 0 Å². The molecule has 0 atom stereocenters. The first-order valence-electron chi connectivity index (χ1n) is 5.75. The van der Waals surface area contributed by atoms with Crippen LogP contribution in [0.3, 0.4) is 0 Å². The first-order chi connectivity index (χ1) is 9.36. The number of hydrogen-bond acceptors (Lipinski definition) is 4. The molecule has 0 radical (unpaired) electrons. The molecular formula is C13H12Cl2N4O. The summed E-state index contributed by atoms with van der Waals surface area (Å²) in [7, 11) is 0. The molecule has 0 aliphatic carbocycles. The van der Waals surface area contributed by atoms with E-state index >= 15 is 0 Å². The number of hydrogen-bond donors (Lipinski definition) is 2. The van der Waals surface area contributed by atoms with Gasteiger partial charge in [-0.15, -0.1) is 0 Å². The largest absolute Gasteiger partial charge is 0.398 e. The third-order valence-electron chi connectivity index (χ3n) is 2.77. The first kappa shape index (κ1) is 14.6. The van der Waals surface area contributed by atoms with Crippen molar-refractivity contribution >= 4 is 40.6 Å². The average Bonchev–Trinajstić information content (AvgIpc) is 2.32. The van der Waals surface area contributed by atoms with Crippen LogP contribution in [-0.2, 0) is 0 Å². The Labute approximate surface area is 126 Å². The highest BCUT2D eigenvalue weighted by molar-refractivity contribution is 6.32. The summed E-state index contributed by atoms with van der Waals surface area (Å²) >= 11 is 11.4. The van der Waals surface area contributed by atoms with Crippen LogP contribution < -0.4 is 11.1 Å². The van der Waals surface area contributed by atoms with Crippen molar-refractivity contribution in [1.82, 2.24) is 9.97 Å². The van der Waals surface area contributed by atoms with Gasteiger partial charge in [-0.2, -0.15) is 0 Å². The Kier molecular flexibility index (Phi) is 4.11. The number of nitrogens with one attached hydrogen (secondary N) is 1. The molecule has 20 heavy (non-hydrogen) atoms. The molecule has 1 aromatic carbocycles. The summed E-state index contributed by atoms with van der Waals surface area (Å²) in [6.45, 7) is 3.72. The van der Waals surface area contributed by atoms with Crippen molar-refractivity contribution in [3.8, 4) is 0 Å². The van der Waals surface area contributed by atoms with Gasteiger partial charge in [-0.25, -0.2) is 9.97 Å². The average molecular weight is 311 g/mol. The Bertz CT molecular complexity index is 668. The van der Waals surface area contributed by atoms with Gasteiger partial charge in [-0.3, -0.25) is 4.79 Å². The number of carbonyl (C=O) groups is 1. The van der Waals surface area contributed by atoms with Crippen molar-refractivity contribution < 1.29 is 4.79 Å². The Hall–Kier alpha value is -1.85. The zero-order chi connectivity index (χ0) is 14.9. The van der Waals surface area contributed by atoms with Crippen LogP contribution >= 0.6 is 23.2 Å². The van der Waals surface area contributed by atoms with Gasteiger partial charge >= 0.3 is 0 Å². The highest BCUT2D eigenvalue weighted by atomic mass is 35.5. The topological polar surface area (TPSA) is 80.9 Å². The Balaban J connectivity index is 2.30. The van der Waals surface area contributed by atoms with Crippen LogP contribution in [0.2, 0.25) is 10.4 Å². The molecule has 0 fully saturated rings. The van der Waals surface area contributed by atoms with Crippen molar-refractivity contribution in [2.75, 3.05) is 11.1 Å². The third-order valence-corrected chi connectivity index (χ3v) is 3.13. The molecule has 0 bridgehead atoms. The lowest BCUT2D eigenvalue weighted by atomic mass is 10.0. The maximum Gasteiger partial charge on any atom is 0.257 e. The molecule has 104 valence electrons. The summed E-state index contributed by atoms with van der Waals surface area (Å²) in [6.07, 6.45) is 0. The second-order valence-corrected chi connectivity index (χ2v) is 5.05. The number of nitrogens with zero attached hydrogens (tertiary/aromatic N) is 2. The predicted molar refractivity (Wildman–Crippen MR) is 80.3 cm³/mol. The quantitative estimate of drug-likeness (QED) is 0.507. The number of anilines is 2. The van der Waals surface area contributed by atoms with E-state index in [2.05, 4.69) is 15.3 Å². The molecule has 0 aliphatic rings. The van der Waals surface area contributed by atoms with E-state index in [1.54, 1.807) is 6.07 Å². The van der Waals surface area contributed by atoms with Gasteiger partial charge in [0.15, 0.2) is 0 Å². The molecule has 5 nitrogen and oxygen atoms in total. The first-order valence-corrected chi connectivity index (χ1v) is 6.50. The van der Waals surface area contributed by atoms with Crippen molar-refractivity contribution in [3.63, 3.8) is 0 Å². The molecule has 2 aromatic rings. The van der Waals surface area contributed by atoms with E-state index in [4.69, 9.17) is 28.9 Å². The number of aromatic nitrogens is 2. The number of aryl methyl sites for hydroxylation is 2. The van der Waals surface area contributed by atoms with E-state index in [0.717, 1.165) is 11.1 Å². The summed E-state index contributed by atoms with van der Waals surface area (Å²) in [5.74, 6) is -0.0985. The highest BCUT2D eigenvalue weighted by Gasteiger charge is 2.12. The fourth-order valence-electron chi connectivity index (χ4n) is 1.75. The van der Waals surface area contributed by atoms with Gasteiger partial charge in [-0.05, 0) is 42.6 Å². The predicted octanol–water partition coefficient (Wildman–Crippen LogP) is 3.23. The minimum Gasteiger partial charge on any atom is -0.398 e. The number of benzene rings is 1. The van der Waals surface area contributed by atoms with Crippen LogP contribution in [-0.4, -0.2) is 15.9 Å². The minimum absolute atomic E-state index is 0.0343. The van der Waals surface area contributed by atoms with E-state index in [1.165, 1.54) is 6.07 Å². The SMILES string of the molecule is Cc1cc(C)c(C(=O)Nc2cc(Cl)nc(Cl)n2)cc1N. The van der Waals surface area contributed by atoms with Gasteiger partial charge in [0.05, 0.1) is 0 Å². The maximum absolute atomic E-state index is 12.2. The van der Waals surface area contributed by atoms with Gasteiger partial charge in [0.1, 0.15) is 11.0 Å². The summed E-state index contributed by atoms with van der Waals surface area (Å²) < 4.78 is 0. The van der Waals surface area contributed by atoms with Crippen LogP contribution in [0.1, 0.15) is 21.5 Å². The smallest absolute Gasteiger partial charge is 0.257 e. The Morgan fingerprint density at radius 1 is 1.15 bits per heavy atom. The van der Waals surface area contributed by atoms with Crippen molar-refractivity contribution in [3.05, 3.63) is 45.3 Å². The molecule has 2 rings (SSSR count). The summed E-state index contributed by atoms with van der Waals surface area (Å²) in [5.41, 5.74) is 8.59. The van der Waals surface area contributed by atoms with E-state index in [-0.39, 0.29) is 22.2 Å². The molecule has 0 spiro atoms. The lowest BCUT2D eigenvalue weighted by Crippen LogP contribution is -2.15. The van der Waals surface area contributed by atoms with Crippen LogP contribution in [0.15, 0.2) is 18.2 Å². The van der Waals surface area contributed by atoms with E-state index in [0.29, 0.717) is 11.3 Å². The molecule has 7 heteroatoms. The van der Waals surface area contributed by atoms with Gasteiger partial charge < -0.3 is 11.1 Å². The highest BCUT2D eigenvalue weighted by Crippen LogP contribution is 2.20. The van der Waals surface area contributed by atoms with Gasteiger partial charge in [0.2, 0.25) is 5.28 Å². The molecule has 1 amide bonds. The van der Waals surface area contributed by atoms with Gasteiger partial charge in [0, 0.05) is 17.3 Å². The molecule has 0 saturated carbocycles. The number of nitrogens with two attached hydrogens (primary N) is 1. The van der Waals surface area contributed by atoms with Crippen LogP contribution in [0, 0.1) is 13.8 Å². The molecule has 0 unspecified atom stereocenters. The Morgan fingerprint density at radius 3 is 2.50 bits per heavy atom. The second kappa shape index (κ2) is 5.64. The van der Waals surface area contributed by atoms with E-state index < -0.39 is 0 Å². The zero-order valence-electron chi connectivity index (χ0n) is 10.9. The van der Waals surface area contributed by atoms with E-state index in [1.807, 2.05) is 19.9 Å². The number of rotatable bonds is 2. The fraction of sp³-hybridized carbons (Fsp3) is 0.154. The van der Waals surface area contributed by atoms with Crippen molar-refractivity contribution in [2.24, 2.45) is 0 Å². The number of carbonyl (C=O) groups excluding carboxylic acids is 1. The summed E-state index contributed by atoms with van der Waals surface area (Å²) in [6, 6.07) is 4.90. The standard InChI is InChI=1S/C13H12Cl2N4O/c1-6-3-7(2)9(16)4-8(6)12(20)18-11-5-10(14)17-13(15)19-11/h3-5H,16H2,1-2H3,(H,17,18,19,20). The summed E-state index contributed by atoms with van der Waals surface area (Å²) in [5, 5.41) is 2.73. The number of nitrogen functional groups attached to an aromatic ring is 1. The van der Waals surface area contributed by atoms with Crippen LogP contribution in [0.4, 0.5) is 11.5 Å². The maximum atomic E-state index is 12.2. The normalized spacial score (nSPS) is 10.4. The second-order valence-electron chi connectivity index (χ2n) is 4.32. The van der Waals surface area contributed by atoms with Crippen molar-refractivity contribution in [2.45, 2.75) is 13.8 Å². The lowest BCUT2D eigenvalue weighted by molar-refractivity contribution is 0.102. The number of halogens is 2. The van der Waals surface area contributed by atoms with Gasteiger partial charge in [-0.1, -0.05) is 17.7 Å². The molecule has 1 aromatic heterocycles. The molecule has 3 N–H and O–H groups in total. The monoisotopic (exact) mass is 310 g/mol. The fourth-order valence-corrected chi connectivity index (χ4v) is 2.16. The van der Waals surface area contributed by atoms with Crippen LogP contribution in [0.25, 0.3) is 0 Å². The van der Waals surface area contributed by atoms with Gasteiger partial charge in [0.25, 0.3) is 5.91 Å². The molecule has 0 aliphatic heterocycles. The van der Waals surface area contributed by atoms with E-state index in [9.17, 15) is 4.79 Å². The zero-order valence-corrected chi connectivity index (χ0v) is 12.4. The molecule has 1 heterocycles. The summed E-state index contributed by atoms with van der Waals surface area (Å²) in [4.78, 5) is 19.8. The molecule has 0 saturated heterocycles. The third kappa shape index (κ3) is 3.18. The minimum atomic E-state index is -0.333. The lowest BCUT2D eigenvalue weighted by Gasteiger charge is -2.10.